The van der Waals surface area contributed by atoms with Crippen molar-refractivity contribution in [3.8, 4) is 0 Å². The first-order chi connectivity index (χ1) is 9.70. The molecule has 4 nitrogen and oxygen atoms in total. The lowest BCUT2D eigenvalue weighted by Crippen LogP contribution is -2.52. The van der Waals surface area contributed by atoms with E-state index in [0.29, 0.717) is 26.1 Å². The van der Waals surface area contributed by atoms with Gasteiger partial charge in [0.15, 0.2) is 0 Å². The van der Waals surface area contributed by atoms with Crippen LogP contribution in [0.2, 0.25) is 0 Å². The summed E-state index contributed by atoms with van der Waals surface area (Å²) in [5, 5.41) is 0. The second-order valence-electron chi connectivity index (χ2n) is 5.43. The molecule has 0 aromatic heterocycles. The van der Waals surface area contributed by atoms with Gasteiger partial charge in [-0.1, -0.05) is 30.3 Å². The van der Waals surface area contributed by atoms with Crippen LogP contribution in [-0.4, -0.2) is 42.6 Å². The fourth-order valence-electron chi connectivity index (χ4n) is 2.54. The van der Waals surface area contributed by atoms with Gasteiger partial charge in [0.1, 0.15) is 0 Å². The zero-order chi connectivity index (χ0) is 14.4. The first-order valence-corrected chi connectivity index (χ1v) is 7.35. The van der Waals surface area contributed by atoms with Gasteiger partial charge in [0.2, 0.25) is 5.91 Å². The topological polar surface area (TPSA) is 55.6 Å². The number of nitrogens with zero attached hydrogens (tertiary/aromatic N) is 1. The number of rotatable bonds is 5. The molecular formula is C16H24N2O2. The molecule has 1 saturated heterocycles. The summed E-state index contributed by atoms with van der Waals surface area (Å²) in [6.07, 6.45) is 2.42. The summed E-state index contributed by atoms with van der Waals surface area (Å²) in [6, 6.07) is 10.4. The third-order valence-electron chi connectivity index (χ3n) is 3.79. The van der Waals surface area contributed by atoms with Crippen molar-refractivity contribution in [2.45, 2.75) is 38.3 Å². The summed E-state index contributed by atoms with van der Waals surface area (Å²) in [5.41, 5.74) is 6.91. The Kier molecular flexibility index (Phi) is 5.56. The van der Waals surface area contributed by atoms with Crippen LogP contribution in [-0.2, 0) is 16.0 Å². The largest absolute Gasteiger partial charge is 0.373 e. The molecule has 1 aromatic rings. The molecule has 2 rings (SSSR count). The van der Waals surface area contributed by atoms with Gasteiger partial charge in [0, 0.05) is 19.5 Å². The highest BCUT2D eigenvalue weighted by molar-refractivity contribution is 5.76. The van der Waals surface area contributed by atoms with Crippen LogP contribution < -0.4 is 5.73 Å². The molecule has 1 aliphatic rings. The van der Waals surface area contributed by atoms with Crippen LogP contribution in [0, 0.1) is 0 Å². The Morgan fingerprint density at radius 1 is 1.40 bits per heavy atom. The number of hydrogen-bond donors (Lipinski definition) is 1. The van der Waals surface area contributed by atoms with Crippen LogP contribution in [0.25, 0.3) is 0 Å². The summed E-state index contributed by atoms with van der Waals surface area (Å²) >= 11 is 0. The Bertz CT molecular complexity index is 422. The number of hydrogen-bond acceptors (Lipinski definition) is 3. The molecule has 0 spiro atoms. The van der Waals surface area contributed by atoms with Crippen molar-refractivity contribution < 1.29 is 9.53 Å². The van der Waals surface area contributed by atoms with Crippen molar-refractivity contribution in [1.82, 2.24) is 4.90 Å². The highest BCUT2D eigenvalue weighted by Gasteiger charge is 2.28. The van der Waals surface area contributed by atoms with E-state index in [9.17, 15) is 4.79 Å². The van der Waals surface area contributed by atoms with Crippen LogP contribution >= 0.6 is 0 Å². The van der Waals surface area contributed by atoms with E-state index in [0.717, 1.165) is 12.8 Å². The molecule has 1 aliphatic heterocycles. The Labute approximate surface area is 120 Å². The summed E-state index contributed by atoms with van der Waals surface area (Å²) in [6.45, 7) is 3.72. The molecule has 4 heteroatoms. The second kappa shape index (κ2) is 7.41. The van der Waals surface area contributed by atoms with Crippen LogP contribution in [0.5, 0.6) is 0 Å². The number of benzene rings is 1. The molecule has 110 valence electrons. The predicted octanol–water partition coefficient (Wildman–Crippen LogP) is 1.58. The fourth-order valence-corrected chi connectivity index (χ4v) is 2.54. The van der Waals surface area contributed by atoms with Gasteiger partial charge in [0.25, 0.3) is 0 Å². The zero-order valence-corrected chi connectivity index (χ0v) is 12.1. The maximum atomic E-state index is 12.3. The van der Waals surface area contributed by atoms with E-state index in [4.69, 9.17) is 10.5 Å². The molecule has 20 heavy (non-hydrogen) atoms. The highest BCUT2D eigenvalue weighted by atomic mass is 16.5. The van der Waals surface area contributed by atoms with Gasteiger partial charge < -0.3 is 15.4 Å². The smallest absolute Gasteiger partial charge is 0.222 e. The molecule has 0 radical (unpaired) electrons. The average molecular weight is 276 g/mol. The van der Waals surface area contributed by atoms with Gasteiger partial charge in [-0.25, -0.2) is 0 Å². The van der Waals surface area contributed by atoms with E-state index in [1.54, 1.807) is 0 Å². The van der Waals surface area contributed by atoms with Crippen LogP contribution in [0.4, 0.5) is 0 Å². The molecule has 0 aliphatic carbocycles. The van der Waals surface area contributed by atoms with Crippen LogP contribution in [0.15, 0.2) is 30.3 Å². The summed E-state index contributed by atoms with van der Waals surface area (Å²) in [4.78, 5) is 14.2. The Balaban J connectivity index is 1.79. The SMILES string of the molecule is CC1COC(CN)CN1C(=O)CCCc1ccccc1. The average Bonchev–Trinajstić information content (AvgIpc) is 2.48. The highest BCUT2D eigenvalue weighted by Crippen LogP contribution is 2.14. The van der Waals surface area contributed by atoms with E-state index in [2.05, 4.69) is 12.1 Å². The first kappa shape index (κ1) is 15.0. The maximum absolute atomic E-state index is 12.3. The van der Waals surface area contributed by atoms with Gasteiger partial charge in [-0.2, -0.15) is 0 Å². The fraction of sp³-hybridized carbons (Fsp3) is 0.562. The molecular weight excluding hydrogens is 252 g/mol. The Morgan fingerprint density at radius 3 is 2.85 bits per heavy atom. The number of carbonyl (C=O) groups is 1. The summed E-state index contributed by atoms with van der Waals surface area (Å²) in [7, 11) is 0. The molecule has 2 N–H and O–H groups in total. The van der Waals surface area contributed by atoms with E-state index < -0.39 is 0 Å². The monoisotopic (exact) mass is 276 g/mol. The molecule has 0 saturated carbocycles. The van der Waals surface area contributed by atoms with Gasteiger partial charge >= 0.3 is 0 Å². The third kappa shape index (κ3) is 4.05. The van der Waals surface area contributed by atoms with Crippen molar-refractivity contribution in [1.29, 1.82) is 0 Å². The number of aryl methyl sites for hydroxylation is 1. The van der Waals surface area contributed by atoms with Gasteiger partial charge in [-0.3, -0.25) is 4.79 Å². The van der Waals surface area contributed by atoms with E-state index in [-0.39, 0.29) is 18.1 Å². The summed E-state index contributed by atoms with van der Waals surface area (Å²) in [5.74, 6) is 0.218. The van der Waals surface area contributed by atoms with Crippen molar-refractivity contribution in [3.63, 3.8) is 0 Å². The minimum absolute atomic E-state index is 0.00993. The normalized spacial score (nSPS) is 22.8. The van der Waals surface area contributed by atoms with Crippen molar-refractivity contribution in [2.75, 3.05) is 19.7 Å². The van der Waals surface area contributed by atoms with E-state index in [1.165, 1.54) is 5.56 Å². The quantitative estimate of drug-likeness (QED) is 0.888. The molecule has 2 unspecified atom stereocenters. The van der Waals surface area contributed by atoms with Crippen LogP contribution in [0.3, 0.4) is 0 Å². The van der Waals surface area contributed by atoms with Gasteiger partial charge in [0.05, 0.1) is 18.8 Å². The minimum atomic E-state index is -0.00993. The van der Waals surface area contributed by atoms with Crippen molar-refractivity contribution in [3.05, 3.63) is 35.9 Å². The predicted molar refractivity (Wildman–Crippen MR) is 79.3 cm³/mol. The molecule has 1 amide bonds. The standard InChI is InChI=1S/C16H24N2O2/c1-13-12-20-15(10-17)11-18(13)16(19)9-5-8-14-6-3-2-4-7-14/h2-4,6-7,13,15H,5,8-12,17H2,1H3. The first-order valence-electron chi connectivity index (χ1n) is 7.35. The Hall–Kier alpha value is -1.39. The Morgan fingerprint density at radius 2 is 2.15 bits per heavy atom. The third-order valence-corrected chi connectivity index (χ3v) is 3.79. The zero-order valence-electron chi connectivity index (χ0n) is 12.1. The van der Waals surface area contributed by atoms with Crippen molar-refractivity contribution in [2.24, 2.45) is 5.73 Å². The molecule has 1 fully saturated rings. The van der Waals surface area contributed by atoms with Crippen LogP contribution in [0.1, 0.15) is 25.3 Å². The minimum Gasteiger partial charge on any atom is -0.373 e. The van der Waals surface area contributed by atoms with Crippen molar-refractivity contribution >= 4 is 5.91 Å². The maximum Gasteiger partial charge on any atom is 0.222 e. The summed E-state index contributed by atoms with van der Waals surface area (Å²) < 4.78 is 5.57. The second-order valence-corrected chi connectivity index (χ2v) is 5.43. The lowest BCUT2D eigenvalue weighted by atomic mass is 10.1. The number of morpholine rings is 1. The van der Waals surface area contributed by atoms with Gasteiger partial charge in [-0.15, -0.1) is 0 Å². The lowest BCUT2D eigenvalue weighted by Gasteiger charge is -2.37. The van der Waals surface area contributed by atoms with Gasteiger partial charge in [-0.05, 0) is 25.3 Å². The number of ether oxygens (including phenoxy) is 1. The lowest BCUT2D eigenvalue weighted by molar-refractivity contribution is -0.143. The van der Waals surface area contributed by atoms with E-state index in [1.807, 2.05) is 30.0 Å². The number of amides is 1. The molecule has 1 heterocycles. The molecule has 0 bridgehead atoms. The number of nitrogens with two attached hydrogens (primary N) is 1. The molecule has 2 atom stereocenters. The molecule has 1 aromatic carbocycles. The number of carbonyl (C=O) groups excluding carboxylic acids is 1. The van der Waals surface area contributed by atoms with E-state index >= 15 is 0 Å².